The number of nitrogens with one attached hydrogen (secondary N) is 2. The van der Waals surface area contributed by atoms with Crippen molar-refractivity contribution >= 4 is 28.8 Å². The topological polar surface area (TPSA) is 107 Å². The average molecular weight is 306 g/mol. The van der Waals surface area contributed by atoms with Crippen molar-refractivity contribution in [1.82, 2.24) is 0 Å². The fourth-order valence-electron chi connectivity index (χ4n) is 1.06. The van der Waals surface area contributed by atoms with Gasteiger partial charge in [0.05, 0.1) is 0 Å². The van der Waals surface area contributed by atoms with Gasteiger partial charge in [0.15, 0.2) is 11.6 Å². The van der Waals surface area contributed by atoms with Crippen LogP contribution in [0.4, 0.5) is 18.9 Å². The molecule has 1 aromatic rings. The molecule has 1 aromatic carbocycles. The van der Waals surface area contributed by atoms with E-state index in [0.717, 1.165) is 12.1 Å². The van der Waals surface area contributed by atoms with Crippen LogP contribution in [0.25, 0.3) is 0 Å². The Morgan fingerprint density at radius 2 is 2.15 bits per heavy atom. The number of rotatable bonds is 4. The van der Waals surface area contributed by atoms with Crippen LogP contribution in [0.2, 0.25) is 5.02 Å². The number of nitriles is 1. The molecule has 0 amide bonds. The van der Waals surface area contributed by atoms with Gasteiger partial charge in [0.1, 0.15) is 11.8 Å². The molecular formula is C10H7ClF3N5O. The minimum Gasteiger partial charge on any atom is -0.404 e. The van der Waals surface area contributed by atoms with Gasteiger partial charge in [-0.15, -0.1) is 13.2 Å². The van der Waals surface area contributed by atoms with Crippen molar-refractivity contribution in [3.05, 3.63) is 23.2 Å². The lowest BCUT2D eigenvalue weighted by atomic mass is 10.3. The lowest BCUT2D eigenvalue weighted by molar-refractivity contribution is -0.274. The summed E-state index contributed by atoms with van der Waals surface area (Å²) in [5.41, 5.74) is 6.45. The molecule has 106 valence electrons. The van der Waals surface area contributed by atoms with E-state index in [-0.39, 0.29) is 10.7 Å². The Kier molecular flexibility index (Phi) is 4.77. The summed E-state index contributed by atoms with van der Waals surface area (Å²) in [7, 11) is 0. The highest BCUT2D eigenvalue weighted by molar-refractivity contribution is 6.45. The summed E-state index contributed by atoms with van der Waals surface area (Å²) < 4.78 is 40.3. The van der Waals surface area contributed by atoms with E-state index in [1.165, 1.54) is 12.1 Å². The predicted molar refractivity (Wildman–Crippen MR) is 66.7 cm³/mol. The van der Waals surface area contributed by atoms with Crippen LogP contribution in [0, 0.1) is 16.7 Å². The molecule has 0 aromatic heterocycles. The molecule has 0 aliphatic carbocycles. The van der Waals surface area contributed by atoms with E-state index in [4.69, 9.17) is 28.0 Å². The Morgan fingerprint density at radius 1 is 1.50 bits per heavy atom. The summed E-state index contributed by atoms with van der Waals surface area (Å²) in [5.74, 6) is -1.23. The number of hydrogen-bond acceptors (Lipinski definition) is 5. The minimum absolute atomic E-state index is 0.124. The first-order chi connectivity index (χ1) is 9.23. The maximum absolute atomic E-state index is 12.2. The van der Waals surface area contributed by atoms with Gasteiger partial charge in [0, 0.05) is 5.02 Å². The second-order valence-corrected chi connectivity index (χ2v) is 3.72. The Morgan fingerprint density at radius 3 is 2.65 bits per heavy atom. The van der Waals surface area contributed by atoms with E-state index in [1.807, 2.05) is 0 Å². The van der Waals surface area contributed by atoms with Crippen molar-refractivity contribution in [2.45, 2.75) is 6.36 Å². The highest BCUT2D eigenvalue weighted by atomic mass is 35.5. The Labute approximate surface area is 116 Å². The molecule has 0 fully saturated rings. The Hall–Kier alpha value is -2.47. The normalized spacial score (nSPS) is 11.7. The van der Waals surface area contributed by atoms with E-state index in [0.29, 0.717) is 0 Å². The van der Waals surface area contributed by atoms with Gasteiger partial charge >= 0.3 is 6.36 Å². The van der Waals surface area contributed by atoms with Crippen LogP contribution in [-0.4, -0.2) is 17.9 Å². The van der Waals surface area contributed by atoms with Gasteiger partial charge in [-0.05, 0) is 18.2 Å². The second-order valence-electron chi connectivity index (χ2n) is 3.29. The average Bonchev–Trinajstić information content (AvgIpc) is 2.31. The maximum Gasteiger partial charge on any atom is 0.573 e. The molecule has 0 saturated carbocycles. The van der Waals surface area contributed by atoms with E-state index in [2.05, 4.69) is 15.3 Å². The Balaban J connectivity index is 3.08. The number of nitrogens with zero attached hydrogens (tertiary/aromatic N) is 2. The number of halogens is 4. The molecule has 0 saturated heterocycles. The third-order valence-electron chi connectivity index (χ3n) is 1.82. The second kappa shape index (κ2) is 6.12. The van der Waals surface area contributed by atoms with Crippen LogP contribution >= 0.6 is 11.6 Å². The van der Waals surface area contributed by atoms with E-state index >= 15 is 0 Å². The summed E-state index contributed by atoms with van der Waals surface area (Å²) >= 11 is 5.64. The third-order valence-corrected chi connectivity index (χ3v) is 2.05. The quantitative estimate of drug-likeness (QED) is 0.451. The number of anilines is 1. The van der Waals surface area contributed by atoms with Gasteiger partial charge < -0.3 is 10.5 Å². The van der Waals surface area contributed by atoms with Gasteiger partial charge in [-0.2, -0.15) is 10.4 Å². The standard InChI is InChI=1S/C10H7ClF3N5O/c11-5-1-2-8(20-10(12,13)14)6(3-5)18-19-7(4-15)9(16)17/h1-3,18H,(H3,16,17)/b19-7+. The summed E-state index contributed by atoms with van der Waals surface area (Å²) in [4.78, 5) is 0. The molecule has 0 heterocycles. The van der Waals surface area contributed by atoms with Crippen molar-refractivity contribution in [3.8, 4) is 11.8 Å². The first-order valence-electron chi connectivity index (χ1n) is 4.86. The van der Waals surface area contributed by atoms with Crippen LogP contribution in [0.3, 0.4) is 0 Å². The first-order valence-corrected chi connectivity index (χ1v) is 5.24. The van der Waals surface area contributed by atoms with Crippen LogP contribution in [-0.2, 0) is 0 Å². The molecular weight excluding hydrogens is 299 g/mol. The zero-order chi connectivity index (χ0) is 15.3. The molecule has 0 atom stereocenters. The van der Waals surface area contributed by atoms with Crippen LogP contribution in [0.1, 0.15) is 0 Å². The van der Waals surface area contributed by atoms with Gasteiger partial charge in [0.2, 0.25) is 5.71 Å². The van der Waals surface area contributed by atoms with Crippen molar-refractivity contribution in [2.24, 2.45) is 10.8 Å². The third kappa shape index (κ3) is 4.66. The van der Waals surface area contributed by atoms with Crippen molar-refractivity contribution in [1.29, 1.82) is 10.7 Å². The molecule has 0 bridgehead atoms. The van der Waals surface area contributed by atoms with Crippen molar-refractivity contribution < 1.29 is 17.9 Å². The fourth-order valence-corrected chi connectivity index (χ4v) is 1.24. The first kappa shape index (κ1) is 15.6. The number of hydrogen-bond donors (Lipinski definition) is 3. The molecule has 0 spiro atoms. The molecule has 0 aliphatic heterocycles. The maximum atomic E-state index is 12.2. The van der Waals surface area contributed by atoms with Crippen LogP contribution in [0.15, 0.2) is 23.3 Å². The zero-order valence-corrected chi connectivity index (χ0v) is 10.4. The van der Waals surface area contributed by atoms with E-state index < -0.39 is 23.7 Å². The predicted octanol–water partition coefficient (Wildman–Crippen LogP) is 2.47. The largest absolute Gasteiger partial charge is 0.573 e. The highest BCUT2D eigenvalue weighted by Crippen LogP contribution is 2.32. The van der Waals surface area contributed by atoms with Crippen molar-refractivity contribution in [2.75, 3.05) is 5.43 Å². The van der Waals surface area contributed by atoms with Gasteiger partial charge in [0.25, 0.3) is 0 Å². The van der Waals surface area contributed by atoms with E-state index in [9.17, 15) is 13.2 Å². The van der Waals surface area contributed by atoms with Crippen molar-refractivity contribution in [3.63, 3.8) is 0 Å². The van der Waals surface area contributed by atoms with Gasteiger partial charge in [-0.25, -0.2) is 0 Å². The summed E-state index contributed by atoms with van der Waals surface area (Å²) in [6, 6.07) is 4.78. The number of alkyl halides is 3. The smallest absolute Gasteiger partial charge is 0.404 e. The van der Waals surface area contributed by atoms with E-state index in [1.54, 1.807) is 0 Å². The Bertz CT molecular complexity index is 594. The van der Waals surface area contributed by atoms with Crippen LogP contribution < -0.4 is 15.9 Å². The monoisotopic (exact) mass is 305 g/mol. The molecule has 20 heavy (non-hydrogen) atoms. The fraction of sp³-hybridized carbons (Fsp3) is 0.100. The molecule has 6 nitrogen and oxygen atoms in total. The molecule has 0 unspecified atom stereocenters. The highest BCUT2D eigenvalue weighted by Gasteiger charge is 2.32. The lowest BCUT2D eigenvalue weighted by Gasteiger charge is -2.13. The molecule has 0 aliphatic rings. The summed E-state index contributed by atoms with van der Waals surface area (Å²) in [6.07, 6.45) is -4.90. The molecule has 10 heteroatoms. The summed E-state index contributed by atoms with van der Waals surface area (Å²) in [6.45, 7) is 0. The molecule has 4 N–H and O–H groups in total. The number of amidine groups is 1. The number of hydrazone groups is 1. The van der Waals surface area contributed by atoms with Crippen LogP contribution in [0.5, 0.6) is 5.75 Å². The molecule has 0 radical (unpaired) electrons. The number of ether oxygens (including phenoxy) is 1. The number of benzene rings is 1. The summed E-state index contributed by atoms with van der Waals surface area (Å²) in [5, 5.41) is 19.1. The SMILES string of the molecule is N#C/C(=N\Nc1cc(Cl)ccc1OC(F)(F)F)C(=N)N. The van der Waals surface area contributed by atoms with Gasteiger partial charge in [-0.3, -0.25) is 10.8 Å². The van der Waals surface area contributed by atoms with Gasteiger partial charge in [-0.1, -0.05) is 11.6 Å². The molecule has 1 rings (SSSR count). The number of nitrogens with two attached hydrogens (primary N) is 1. The lowest BCUT2D eigenvalue weighted by Crippen LogP contribution is -2.22. The minimum atomic E-state index is -4.90. The zero-order valence-electron chi connectivity index (χ0n) is 9.62.